The Morgan fingerprint density at radius 3 is 2.79 bits per heavy atom. The normalized spacial score (nSPS) is 18.6. The van der Waals surface area contributed by atoms with Crippen LogP contribution in [0.1, 0.15) is 50.5 Å². The van der Waals surface area contributed by atoms with Gasteiger partial charge in [-0.05, 0) is 12.3 Å². The molecule has 1 saturated carbocycles. The number of rotatable bonds is 3. The van der Waals surface area contributed by atoms with E-state index < -0.39 is 0 Å². The summed E-state index contributed by atoms with van der Waals surface area (Å²) < 4.78 is 0. The Morgan fingerprint density at radius 2 is 2.14 bits per heavy atom. The molecule has 1 aromatic rings. The lowest BCUT2D eigenvalue weighted by Gasteiger charge is -2.20. The van der Waals surface area contributed by atoms with E-state index in [4.69, 9.17) is 0 Å². The van der Waals surface area contributed by atoms with Crippen molar-refractivity contribution in [3.63, 3.8) is 0 Å². The third-order valence-corrected chi connectivity index (χ3v) is 3.27. The summed E-state index contributed by atoms with van der Waals surface area (Å²) in [7, 11) is 0. The summed E-state index contributed by atoms with van der Waals surface area (Å²) in [6.07, 6.45) is 11.3. The molecule has 0 radical (unpaired) electrons. The van der Waals surface area contributed by atoms with E-state index in [9.17, 15) is 0 Å². The number of aryl methyl sites for hydroxylation is 1. The predicted octanol–water partition coefficient (Wildman–Crippen LogP) is 3.09. The van der Waals surface area contributed by atoms with E-state index in [1.807, 2.05) is 6.20 Å². The van der Waals surface area contributed by atoms with Gasteiger partial charge in [-0.15, -0.1) is 0 Å². The molecule has 0 spiro atoms. The maximum Gasteiger partial charge on any atom is 0.106 e. The Kier molecular flexibility index (Phi) is 3.22. The minimum absolute atomic E-state index is 0.889. The minimum Gasteiger partial charge on any atom is -0.346 e. The lowest BCUT2D eigenvalue weighted by molar-refractivity contribution is 0.352. The number of hydrogen-bond donors (Lipinski definition) is 1. The van der Waals surface area contributed by atoms with Crippen molar-refractivity contribution in [3.8, 4) is 0 Å². The molecule has 0 aromatic carbocycles. The van der Waals surface area contributed by atoms with Crippen LogP contribution in [0.25, 0.3) is 0 Å². The zero-order valence-electron chi connectivity index (χ0n) is 9.05. The fourth-order valence-electron chi connectivity index (χ4n) is 2.35. The topological polar surface area (TPSA) is 28.7 Å². The lowest BCUT2D eigenvalue weighted by Crippen LogP contribution is -2.10. The Balaban J connectivity index is 1.89. The second-order valence-electron chi connectivity index (χ2n) is 4.42. The Morgan fingerprint density at radius 1 is 1.36 bits per heavy atom. The summed E-state index contributed by atoms with van der Waals surface area (Å²) in [4.78, 5) is 7.82. The van der Waals surface area contributed by atoms with Crippen molar-refractivity contribution in [3.05, 3.63) is 17.7 Å². The largest absolute Gasteiger partial charge is 0.346 e. The summed E-state index contributed by atoms with van der Waals surface area (Å²) in [6, 6.07) is 0. The highest BCUT2D eigenvalue weighted by molar-refractivity contribution is 5.01. The molecule has 1 heterocycles. The van der Waals surface area contributed by atoms with Gasteiger partial charge >= 0.3 is 0 Å². The summed E-state index contributed by atoms with van der Waals surface area (Å²) >= 11 is 0. The molecule has 1 fully saturated rings. The van der Waals surface area contributed by atoms with Gasteiger partial charge in [0.2, 0.25) is 0 Å². The van der Waals surface area contributed by atoms with Crippen LogP contribution in [-0.4, -0.2) is 9.97 Å². The van der Waals surface area contributed by atoms with Crippen molar-refractivity contribution in [1.29, 1.82) is 0 Å². The molecule has 14 heavy (non-hydrogen) atoms. The fraction of sp³-hybridized carbons (Fsp3) is 0.750. The Hall–Kier alpha value is -0.790. The van der Waals surface area contributed by atoms with Crippen LogP contribution in [0.15, 0.2) is 6.20 Å². The molecule has 0 bridgehead atoms. The van der Waals surface area contributed by atoms with E-state index in [-0.39, 0.29) is 0 Å². The van der Waals surface area contributed by atoms with Crippen molar-refractivity contribution < 1.29 is 0 Å². The molecule has 2 heteroatoms. The minimum atomic E-state index is 0.889. The number of nitrogens with zero attached hydrogens (tertiary/aromatic N) is 1. The van der Waals surface area contributed by atoms with Crippen LogP contribution in [0.2, 0.25) is 0 Å². The van der Waals surface area contributed by atoms with Crippen LogP contribution in [0.5, 0.6) is 0 Å². The van der Waals surface area contributed by atoms with Crippen molar-refractivity contribution >= 4 is 0 Å². The number of nitrogens with one attached hydrogen (secondary N) is 1. The van der Waals surface area contributed by atoms with E-state index in [2.05, 4.69) is 16.9 Å². The van der Waals surface area contributed by atoms with E-state index in [1.54, 1.807) is 0 Å². The highest BCUT2D eigenvalue weighted by Gasteiger charge is 2.15. The molecule has 1 aliphatic rings. The smallest absolute Gasteiger partial charge is 0.106 e. The van der Waals surface area contributed by atoms with E-state index in [0.29, 0.717) is 0 Å². The van der Waals surface area contributed by atoms with Crippen molar-refractivity contribution in [2.75, 3.05) is 0 Å². The fourth-order valence-corrected chi connectivity index (χ4v) is 2.35. The highest BCUT2D eigenvalue weighted by atomic mass is 14.9. The second-order valence-corrected chi connectivity index (χ2v) is 4.42. The van der Waals surface area contributed by atoms with Gasteiger partial charge in [-0.1, -0.05) is 39.0 Å². The third kappa shape index (κ3) is 2.37. The molecule has 2 nitrogen and oxygen atoms in total. The molecule has 0 saturated heterocycles. The first kappa shape index (κ1) is 9.75. The predicted molar refractivity (Wildman–Crippen MR) is 58.2 cm³/mol. The third-order valence-electron chi connectivity index (χ3n) is 3.27. The first-order valence-electron chi connectivity index (χ1n) is 5.91. The van der Waals surface area contributed by atoms with E-state index in [1.165, 1.54) is 50.0 Å². The first-order chi connectivity index (χ1) is 6.88. The zero-order chi connectivity index (χ0) is 9.80. The van der Waals surface area contributed by atoms with Crippen LogP contribution in [0, 0.1) is 5.92 Å². The van der Waals surface area contributed by atoms with Gasteiger partial charge in [-0.3, -0.25) is 0 Å². The van der Waals surface area contributed by atoms with Crippen LogP contribution in [0.4, 0.5) is 0 Å². The standard InChI is InChI=1S/C12H20N2/c1-2-11-9-13-12(14-11)8-10-6-4-3-5-7-10/h9-10H,2-8H2,1H3,(H,13,14). The van der Waals surface area contributed by atoms with Gasteiger partial charge in [0.15, 0.2) is 0 Å². The number of imidazole rings is 1. The molecule has 2 rings (SSSR count). The van der Waals surface area contributed by atoms with Gasteiger partial charge in [0.25, 0.3) is 0 Å². The van der Waals surface area contributed by atoms with Gasteiger partial charge in [-0.2, -0.15) is 0 Å². The molecule has 0 atom stereocenters. The van der Waals surface area contributed by atoms with Crippen LogP contribution in [-0.2, 0) is 12.8 Å². The number of aromatic nitrogens is 2. The van der Waals surface area contributed by atoms with Crippen molar-refractivity contribution in [1.82, 2.24) is 9.97 Å². The quantitative estimate of drug-likeness (QED) is 0.783. The second kappa shape index (κ2) is 4.63. The van der Waals surface area contributed by atoms with Crippen molar-refractivity contribution in [2.24, 2.45) is 5.92 Å². The van der Waals surface area contributed by atoms with Gasteiger partial charge in [0.05, 0.1) is 0 Å². The van der Waals surface area contributed by atoms with Gasteiger partial charge in [0, 0.05) is 18.3 Å². The van der Waals surface area contributed by atoms with E-state index >= 15 is 0 Å². The van der Waals surface area contributed by atoms with Crippen LogP contribution in [0.3, 0.4) is 0 Å². The summed E-state index contributed by atoms with van der Waals surface area (Å²) in [5.74, 6) is 2.09. The maximum atomic E-state index is 4.43. The van der Waals surface area contributed by atoms with Crippen LogP contribution < -0.4 is 0 Å². The highest BCUT2D eigenvalue weighted by Crippen LogP contribution is 2.25. The Bertz CT molecular complexity index is 272. The SMILES string of the molecule is CCc1cnc(CC2CCCCC2)[nH]1. The average molecular weight is 192 g/mol. The van der Waals surface area contributed by atoms with Crippen molar-refractivity contribution in [2.45, 2.75) is 51.9 Å². The zero-order valence-corrected chi connectivity index (χ0v) is 9.05. The molecular weight excluding hydrogens is 172 g/mol. The maximum absolute atomic E-state index is 4.43. The molecular formula is C12H20N2. The molecule has 1 aromatic heterocycles. The summed E-state index contributed by atoms with van der Waals surface area (Å²) in [5, 5.41) is 0. The Labute approximate surface area is 86.1 Å². The average Bonchev–Trinajstić information content (AvgIpc) is 2.67. The summed E-state index contributed by atoms with van der Waals surface area (Å²) in [5.41, 5.74) is 1.27. The van der Waals surface area contributed by atoms with Crippen LogP contribution >= 0.6 is 0 Å². The number of H-pyrrole nitrogens is 1. The molecule has 0 unspecified atom stereocenters. The number of hydrogen-bond acceptors (Lipinski definition) is 1. The van der Waals surface area contributed by atoms with Gasteiger partial charge < -0.3 is 4.98 Å². The molecule has 78 valence electrons. The summed E-state index contributed by atoms with van der Waals surface area (Å²) in [6.45, 7) is 2.16. The monoisotopic (exact) mass is 192 g/mol. The first-order valence-corrected chi connectivity index (χ1v) is 5.91. The van der Waals surface area contributed by atoms with Gasteiger partial charge in [-0.25, -0.2) is 4.98 Å². The molecule has 1 N–H and O–H groups in total. The number of aromatic amines is 1. The molecule has 1 aliphatic carbocycles. The molecule has 0 aliphatic heterocycles. The van der Waals surface area contributed by atoms with E-state index in [0.717, 1.165) is 12.3 Å². The lowest BCUT2D eigenvalue weighted by atomic mass is 9.87. The van der Waals surface area contributed by atoms with Gasteiger partial charge in [0.1, 0.15) is 5.82 Å². The molecule has 0 amide bonds.